The molecule has 0 saturated heterocycles. The van der Waals surface area contributed by atoms with Gasteiger partial charge in [-0.3, -0.25) is 4.79 Å². The zero-order valence-electron chi connectivity index (χ0n) is 38.6. The zero-order chi connectivity index (χ0) is 41.4. The van der Waals surface area contributed by atoms with Crippen LogP contribution in [0.2, 0.25) is 0 Å². The summed E-state index contributed by atoms with van der Waals surface area (Å²) in [6, 6.07) is -0.620. The summed E-state index contributed by atoms with van der Waals surface area (Å²) < 4.78 is 0. The second kappa shape index (κ2) is 49.0. The van der Waals surface area contributed by atoms with Crippen LogP contribution in [0.5, 0.6) is 0 Å². The van der Waals surface area contributed by atoms with Gasteiger partial charge in [0.15, 0.2) is 0 Å². The van der Waals surface area contributed by atoms with Gasteiger partial charge >= 0.3 is 0 Å². The van der Waals surface area contributed by atoms with Crippen molar-refractivity contribution in [2.24, 2.45) is 0 Å². The highest BCUT2D eigenvalue weighted by Crippen LogP contribution is 2.16. The molecule has 0 radical (unpaired) electrons. The minimum absolute atomic E-state index is 0.0621. The molecule has 0 bridgehead atoms. The Balaban J connectivity index is 3.47. The van der Waals surface area contributed by atoms with Crippen molar-refractivity contribution in [1.82, 2.24) is 5.32 Å². The van der Waals surface area contributed by atoms with Gasteiger partial charge in [0.1, 0.15) is 0 Å². The second-order valence-corrected chi connectivity index (χ2v) is 17.6. The number of aliphatic hydroxyl groups excluding tert-OH is 2. The summed E-state index contributed by atoms with van der Waals surface area (Å²) in [4.78, 5) is 12.4. The van der Waals surface area contributed by atoms with Crippen LogP contribution in [0.4, 0.5) is 0 Å². The van der Waals surface area contributed by atoms with Gasteiger partial charge in [-0.15, -0.1) is 0 Å². The summed E-state index contributed by atoms with van der Waals surface area (Å²) in [5.41, 5.74) is 0. The normalized spacial score (nSPS) is 13.1. The SMILES string of the molecule is CCCCCCCCCCC/C=C\C/C=C\CCCCCCCCCCCCCCCCCC(=O)NC(CO)C(O)/C=C/CCCCCCCCCCCCCC. The highest BCUT2D eigenvalue weighted by atomic mass is 16.3. The van der Waals surface area contributed by atoms with E-state index in [2.05, 4.69) is 43.5 Å². The number of carbonyl (C=O) groups excluding carboxylic acids is 1. The third kappa shape index (κ3) is 45.5. The third-order valence-corrected chi connectivity index (χ3v) is 11.9. The van der Waals surface area contributed by atoms with E-state index in [1.807, 2.05) is 6.08 Å². The van der Waals surface area contributed by atoms with Crippen LogP contribution in [0.15, 0.2) is 36.5 Å². The number of hydrogen-bond donors (Lipinski definition) is 3. The molecule has 57 heavy (non-hydrogen) atoms. The monoisotopic (exact) mass is 800 g/mol. The highest BCUT2D eigenvalue weighted by molar-refractivity contribution is 5.76. The lowest BCUT2D eigenvalue weighted by molar-refractivity contribution is -0.123. The number of carbonyl (C=O) groups is 1. The van der Waals surface area contributed by atoms with E-state index in [9.17, 15) is 15.0 Å². The third-order valence-electron chi connectivity index (χ3n) is 11.9. The maximum absolute atomic E-state index is 12.4. The van der Waals surface area contributed by atoms with E-state index >= 15 is 0 Å². The molecule has 2 unspecified atom stereocenters. The zero-order valence-corrected chi connectivity index (χ0v) is 38.6. The van der Waals surface area contributed by atoms with Crippen LogP contribution >= 0.6 is 0 Å². The number of amides is 1. The van der Waals surface area contributed by atoms with Crippen molar-refractivity contribution in [2.75, 3.05) is 6.61 Å². The van der Waals surface area contributed by atoms with Crippen LogP contribution in [0, 0.1) is 0 Å². The predicted molar refractivity (Wildman–Crippen MR) is 253 cm³/mol. The van der Waals surface area contributed by atoms with E-state index in [0.29, 0.717) is 6.42 Å². The molecular weight excluding hydrogens is 699 g/mol. The fraction of sp³-hybridized carbons (Fsp3) is 0.868. The quantitative estimate of drug-likeness (QED) is 0.0424. The number of unbranched alkanes of at least 4 members (excludes halogenated alkanes) is 36. The number of hydrogen-bond acceptors (Lipinski definition) is 3. The first-order valence-electron chi connectivity index (χ1n) is 25.7. The standard InChI is InChI=1S/C53H101NO3/c1-3-5-7-9-11-13-15-17-19-20-21-22-23-24-25-26-27-28-29-30-31-32-33-34-35-37-39-41-43-45-47-49-53(57)54-51(50-55)52(56)48-46-44-42-40-38-36-18-16-14-12-10-8-6-4-2/h21-22,24-25,46,48,51-52,55-56H,3-20,23,26-45,47,49-50H2,1-2H3,(H,54,57)/b22-21-,25-24-,48-46+. The molecule has 0 rings (SSSR count). The van der Waals surface area contributed by atoms with Crippen LogP contribution in [0.3, 0.4) is 0 Å². The van der Waals surface area contributed by atoms with Crippen LogP contribution in [-0.4, -0.2) is 34.9 Å². The van der Waals surface area contributed by atoms with Gasteiger partial charge in [0.25, 0.3) is 0 Å². The maximum atomic E-state index is 12.4. The average molecular weight is 800 g/mol. The van der Waals surface area contributed by atoms with Crippen molar-refractivity contribution >= 4 is 5.91 Å². The summed E-state index contributed by atoms with van der Waals surface area (Å²) in [6.45, 7) is 4.32. The topological polar surface area (TPSA) is 69.6 Å². The van der Waals surface area contributed by atoms with Crippen molar-refractivity contribution in [2.45, 2.75) is 289 Å². The van der Waals surface area contributed by atoms with Gasteiger partial charge in [-0.25, -0.2) is 0 Å². The van der Waals surface area contributed by atoms with E-state index in [0.717, 1.165) is 32.1 Å². The highest BCUT2D eigenvalue weighted by Gasteiger charge is 2.18. The predicted octanol–water partition coefficient (Wildman–Crippen LogP) is 16.5. The fourth-order valence-electron chi connectivity index (χ4n) is 7.92. The Morgan fingerprint density at radius 2 is 0.719 bits per heavy atom. The molecule has 1 amide bonds. The Kier molecular flexibility index (Phi) is 47.8. The average Bonchev–Trinajstić information content (AvgIpc) is 3.22. The van der Waals surface area contributed by atoms with Crippen molar-refractivity contribution in [3.63, 3.8) is 0 Å². The van der Waals surface area contributed by atoms with Gasteiger partial charge in [0.05, 0.1) is 18.8 Å². The molecule has 0 aliphatic heterocycles. The van der Waals surface area contributed by atoms with Crippen molar-refractivity contribution < 1.29 is 15.0 Å². The summed E-state index contributed by atoms with van der Waals surface area (Å²) in [7, 11) is 0. The molecule has 0 spiro atoms. The first kappa shape index (κ1) is 55.6. The fourth-order valence-corrected chi connectivity index (χ4v) is 7.92. The molecule has 336 valence electrons. The second-order valence-electron chi connectivity index (χ2n) is 17.6. The Bertz CT molecular complexity index is 866. The molecule has 4 nitrogen and oxygen atoms in total. The minimum Gasteiger partial charge on any atom is -0.394 e. The van der Waals surface area contributed by atoms with E-state index in [4.69, 9.17) is 0 Å². The molecule has 0 aliphatic rings. The summed E-state index contributed by atoms with van der Waals surface area (Å²) in [5.74, 6) is -0.0621. The lowest BCUT2D eigenvalue weighted by atomic mass is 10.0. The van der Waals surface area contributed by atoms with Gasteiger partial charge in [0, 0.05) is 6.42 Å². The number of aliphatic hydroxyl groups is 2. The Hall–Kier alpha value is -1.39. The molecule has 0 saturated carbocycles. The van der Waals surface area contributed by atoms with Gasteiger partial charge in [0.2, 0.25) is 5.91 Å². The molecule has 0 heterocycles. The molecule has 0 aromatic heterocycles. The Labute approximate surface area is 357 Å². The molecule has 2 atom stereocenters. The van der Waals surface area contributed by atoms with Gasteiger partial charge in [-0.1, -0.05) is 256 Å². The molecule has 0 aliphatic carbocycles. The lowest BCUT2D eigenvalue weighted by Crippen LogP contribution is -2.45. The first-order valence-corrected chi connectivity index (χ1v) is 25.7. The summed E-state index contributed by atoms with van der Waals surface area (Å²) >= 11 is 0. The summed E-state index contributed by atoms with van der Waals surface area (Å²) in [5, 5.41) is 23.1. The van der Waals surface area contributed by atoms with Crippen LogP contribution in [0.25, 0.3) is 0 Å². The van der Waals surface area contributed by atoms with E-state index in [1.165, 1.54) is 225 Å². The Morgan fingerprint density at radius 3 is 1.05 bits per heavy atom. The summed E-state index contributed by atoms with van der Waals surface area (Å²) in [6.07, 6.45) is 65.7. The van der Waals surface area contributed by atoms with Gasteiger partial charge in [-0.05, 0) is 51.4 Å². The van der Waals surface area contributed by atoms with Crippen molar-refractivity contribution in [3.05, 3.63) is 36.5 Å². The van der Waals surface area contributed by atoms with Crippen LogP contribution in [0.1, 0.15) is 277 Å². The van der Waals surface area contributed by atoms with E-state index < -0.39 is 12.1 Å². The maximum Gasteiger partial charge on any atom is 0.220 e. The number of allylic oxidation sites excluding steroid dienone is 5. The van der Waals surface area contributed by atoms with Crippen molar-refractivity contribution in [3.8, 4) is 0 Å². The molecule has 3 N–H and O–H groups in total. The lowest BCUT2D eigenvalue weighted by Gasteiger charge is -2.20. The molecule has 0 fully saturated rings. The van der Waals surface area contributed by atoms with Crippen LogP contribution in [-0.2, 0) is 4.79 Å². The van der Waals surface area contributed by atoms with Crippen molar-refractivity contribution in [1.29, 1.82) is 0 Å². The van der Waals surface area contributed by atoms with Gasteiger partial charge < -0.3 is 15.5 Å². The first-order chi connectivity index (χ1) is 28.2. The molecule has 4 heteroatoms. The largest absolute Gasteiger partial charge is 0.394 e. The van der Waals surface area contributed by atoms with E-state index in [1.54, 1.807) is 6.08 Å². The Morgan fingerprint density at radius 1 is 0.421 bits per heavy atom. The molecular formula is C53H101NO3. The smallest absolute Gasteiger partial charge is 0.220 e. The van der Waals surface area contributed by atoms with Gasteiger partial charge in [-0.2, -0.15) is 0 Å². The number of nitrogens with one attached hydrogen (secondary N) is 1. The minimum atomic E-state index is -0.837. The van der Waals surface area contributed by atoms with Crippen LogP contribution < -0.4 is 5.32 Å². The number of rotatable bonds is 47. The van der Waals surface area contributed by atoms with E-state index in [-0.39, 0.29) is 12.5 Å². The molecule has 0 aromatic carbocycles. The molecule has 0 aromatic rings.